The summed E-state index contributed by atoms with van der Waals surface area (Å²) in [6, 6.07) is 105. The van der Waals surface area contributed by atoms with Gasteiger partial charge in [-0.1, -0.05) is 236 Å². The molecule has 78 heavy (non-hydrogen) atoms. The molecule has 3 heteroatoms. The van der Waals surface area contributed by atoms with Crippen molar-refractivity contribution in [2.45, 2.75) is 35.8 Å². The standard InChI is InChI=1S/C75H45NS2/c1-6-24-57-49(19-1)50-20-2-7-25-58(50)73(57)59-26-8-3-21-51(59)54-40-37-46(43-66(54)73)76(47-38-41-55-52-22-4-9-27-60(52)74(67(55)44-47)62-29-11-15-33-69(62)77-70-34-16-12-30-63(70)74)48-39-42-56-53-23-5-10-28-61(53)75(68(56)45-48)64-31-13-17-35-71(64)78-72-36-18-14-32-65(72)75/h1-45H. The van der Waals surface area contributed by atoms with Gasteiger partial charge in [-0.3, -0.25) is 0 Å². The summed E-state index contributed by atoms with van der Waals surface area (Å²) in [5.41, 5.74) is 28.1. The summed E-state index contributed by atoms with van der Waals surface area (Å²) in [6.07, 6.45) is 0. The van der Waals surface area contributed by atoms with E-state index in [4.69, 9.17) is 0 Å². The minimum Gasteiger partial charge on any atom is -0.310 e. The Balaban J connectivity index is 0.943. The Morgan fingerprint density at radius 3 is 0.667 bits per heavy atom. The Morgan fingerprint density at radius 1 is 0.192 bits per heavy atom. The number of fused-ring (bicyclic) bond motifs is 28. The number of rotatable bonds is 3. The topological polar surface area (TPSA) is 3.24 Å². The lowest BCUT2D eigenvalue weighted by molar-refractivity contribution is 0.721. The van der Waals surface area contributed by atoms with E-state index in [-0.39, 0.29) is 0 Å². The molecule has 0 amide bonds. The second kappa shape index (κ2) is 15.6. The van der Waals surface area contributed by atoms with E-state index in [1.807, 2.05) is 23.5 Å². The summed E-state index contributed by atoms with van der Waals surface area (Å²) < 4.78 is 0. The fourth-order valence-corrected chi connectivity index (χ4v) is 18.0. The molecule has 4 aliphatic carbocycles. The van der Waals surface area contributed by atoms with Gasteiger partial charge < -0.3 is 4.90 Å². The molecule has 362 valence electrons. The summed E-state index contributed by atoms with van der Waals surface area (Å²) in [4.78, 5) is 7.81. The number of hydrogen-bond acceptors (Lipinski definition) is 3. The Morgan fingerprint density at radius 2 is 0.397 bits per heavy atom. The fraction of sp³-hybridized carbons (Fsp3) is 0.0400. The lowest BCUT2D eigenvalue weighted by Gasteiger charge is -2.40. The molecule has 18 rings (SSSR count). The molecule has 0 saturated heterocycles. The molecule has 0 unspecified atom stereocenters. The maximum absolute atomic E-state index is 2.60. The predicted molar refractivity (Wildman–Crippen MR) is 320 cm³/mol. The van der Waals surface area contributed by atoms with Gasteiger partial charge in [0, 0.05) is 36.6 Å². The van der Waals surface area contributed by atoms with Gasteiger partial charge in [0.05, 0.1) is 16.2 Å². The van der Waals surface area contributed by atoms with Gasteiger partial charge in [0.15, 0.2) is 0 Å². The van der Waals surface area contributed by atoms with Gasteiger partial charge in [-0.25, -0.2) is 0 Å². The molecule has 2 heterocycles. The SMILES string of the molecule is c1ccc2c(c1)Sc1ccccc1C21c2ccccc2-c2ccc(N(c3ccc4c(c3)C3(c5ccccc5Sc5ccccc53)c3ccccc3-4)c3ccc4c(c3)C3(c5ccccc5-c5ccccc53)c3ccccc3-4)cc21. The lowest BCUT2D eigenvalue weighted by atomic mass is 9.67. The van der Waals surface area contributed by atoms with Crippen molar-refractivity contribution < 1.29 is 0 Å². The van der Waals surface area contributed by atoms with E-state index in [2.05, 4.69) is 278 Å². The Bertz CT molecular complexity index is 4270. The van der Waals surface area contributed by atoms with Crippen LogP contribution in [0, 0.1) is 0 Å². The van der Waals surface area contributed by atoms with Crippen LogP contribution in [0.1, 0.15) is 66.8 Å². The van der Waals surface area contributed by atoms with Crippen molar-refractivity contribution in [1.82, 2.24) is 0 Å². The molecule has 0 atom stereocenters. The highest BCUT2D eigenvalue weighted by Crippen LogP contribution is 2.67. The Labute approximate surface area is 462 Å². The minimum atomic E-state index is -0.538. The van der Waals surface area contributed by atoms with Gasteiger partial charge in [-0.05, 0) is 172 Å². The van der Waals surface area contributed by atoms with Crippen LogP contribution in [0.5, 0.6) is 0 Å². The van der Waals surface area contributed by atoms with E-state index in [1.165, 1.54) is 131 Å². The molecule has 3 spiro atoms. The third-order valence-corrected chi connectivity index (χ3v) is 20.7. The monoisotopic (exact) mass is 1020 g/mol. The van der Waals surface area contributed by atoms with Gasteiger partial charge in [0.25, 0.3) is 0 Å². The highest BCUT2D eigenvalue weighted by molar-refractivity contribution is 7.99. The molecule has 6 aliphatic rings. The maximum Gasteiger partial charge on any atom is 0.0736 e. The molecule has 0 radical (unpaired) electrons. The van der Waals surface area contributed by atoms with E-state index >= 15 is 0 Å². The molecule has 1 nitrogen and oxygen atoms in total. The van der Waals surface area contributed by atoms with Crippen LogP contribution >= 0.6 is 23.5 Å². The molecule has 0 aromatic heterocycles. The van der Waals surface area contributed by atoms with Crippen molar-refractivity contribution in [2.75, 3.05) is 4.90 Å². The van der Waals surface area contributed by atoms with Gasteiger partial charge >= 0.3 is 0 Å². The van der Waals surface area contributed by atoms with Crippen LogP contribution in [0.2, 0.25) is 0 Å². The van der Waals surface area contributed by atoms with Crippen molar-refractivity contribution in [3.8, 4) is 44.5 Å². The molecule has 0 N–H and O–H groups in total. The van der Waals surface area contributed by atoms with Crippen LogP contribution < -0.4 is 4.90 Å². The normalized spacial score (nSPS) is 15.4. The van der Waals surface area contributed by atoms with E-state index in [1.54, 1.807) is 0 Å². The van der Waals surface area contributed by atoms with Gasteiger partial charge in [-0.2, -0.15) is 0 Å². The largest absolute Gasteiger partial charge is 0.310 e. The Kier molecular flexibility index (Phi) is 8.68. The number of nitrogens with zero attached hydrogens (tertiary/aromatic N) is 1. The van der Waals surface area contributed by atoms with Crippen molar-refractivity contribution in [3.63, 3.8) is 0 Å². The first-order valence-electron chi connectivity index (χ1n) is 27.1. The predicted octanol–water partition coefficient (Wildman–Crippen LogP) is 19.2. The zero-order valence-corrected chi connectivity index (χ0v) is 43.9. The van der Waals surface area contributed by atoms with Gasteiger partial charge in [0.1, 0.15) is 0 Å². The molecule has 0 bridgehead atoms. The second-order valence-electron chi connectivity index (χ2n) is 21.7. The van der Waals surface area contributed by atoms with Crippen molar-refractivity contribution >= 4 is 40.6 Å². The van der Waals surface area contributed by atoms with Crippen LogP contribution in [-0.4, -0.2) is 0 Å². The van der Waals surface area contributed by atoms with Gasteiger partial charge in [-0.15, -0.1) is 0 Å². The summed E-state index contributed by atoms with van der Waals surface area (Å²) in [5.74, 6) is 0. The fourth-order valence-electron chi connectivity index (χ4n) is 15.6. The highest BCUT2D eigenvalue weighted by Gasteiger charge is 2.54. The number of hydrogen-bond donors (Lipinski definition) is 0. The summed E-state index contributed by atoms with van der Waals surface area (Å²) in [6.45, 7) is 0. The first-order valence-corrected chi connectivity index (χ1v) is 28.8. The zero-order valence-electron chi connectivity index (χ0n) is 42.2. The second-order valence-corrected chi connectivity index (χ2v) is 23.9. The summed E-state index contributed by atoms with van der Waals surface area (Å²) >= 11 is 3.80. The third kappa shape index (κ3) is 5.22. The molecule has 0 saturated carbocycles. The summed E-state index contributed by atoms with van der Waals surface area (Å²) in [5, 5.41) is 0. The lowest BCUT2D eigenvalue weighted by Crippen LogP contribution is -2.32. The van der Waals surface area contributed by atoms with Crippen molar-refractivity contribution in [3.05, 3.63) is 340 Å². The van der Waals surface area contributed by atoms with Crippen LogP contribution in [-0.2, 0) is 16.2 Å². The molecule has 12 aromatic carbocycles. The van der Waals surface area contributed by atoms with Crippen LogP contribution in [0.3, 0.4) is 0 Å². The zero-order chi connectivity index (χ0) is 50.9. The third-order valence-electron chi connectivity index (χ3n) is 18.4. The first-order chi connectivity index (χ1) is 38.7. The average Bonchev–Trinajstić information content (AvgIpc) is 4.36. The average molecular weight is 1020 g/mol. The molecular weight excluding hydrogens is 979 g/mol. The van der Waals surface area contributed by atoms with Crippen LogP contribution in [0.15, 0.2) is 293 Å². The quantitative estimate of drug-likeness (QED) is 0.174. The number of benzene rings is 12. The van der Waals surface area contributed by atoms with E-state index in [0.717, 1.165) is 17.1 Å². The first kappa shape index (κ1) is 43.3. The molecule has 0 fully saturated rings. The maximum atomic E-state index is 2.60. The molecule has 2 aliphatic heterocycles. The molecular formula is C75H45NS2. The highest BCUT2D eigenvalue weighted by atomic mass is 32.2. The van der Waals surface area contributed by atoms with E-state index in [0.29, 0.717) is 0 Å². The minimum absolute atomic E-state index is 0.506. The van der Waals surface area contributed by atoms with Gasteiger partial charge in [0.2, 0.25) is 0 Å². The van der Waals surface area contributed by atoms with Crippen molar-refractivity contribution in [1.29, 1.82) is 0 Å². The molecule has 12 aromatic rings. The van der Waals surface area contributed by atoms with Crippen LogP contribution in [0.25, 0.3) is 44.5 Å². The smallest absolute Gasteiger partial charge is 0.0736 e. The van der Waals surface area contributed by atoms with E-state index < -0.39 is 16.2 Å². The summed E-state index contributed by atoms with van der Waals surface area (Å²) in [7, 11) is 0. The van der Waals surface area contributed by atoms with E-state index in [9.17, 15) is 0 Å². The number of anilines is 3. The van der Waals surface area contributed by atoms with Crippen molar-refractivity contribution in [2.24, 2.45) is 0 Å². The Hall–Kier alpha value is -8.86. The van der Waals surface area contributed by atoms with Crippen LogP contribution in [0.4, 0.5) is 17.1 Å².